The number of hydrogen-bond acceptors (Lipinski definition) is 7. The lowest BCUT2D eigenvalue weighted by molar-refractivity contribution is 0.405. The topological polar surface area (TPSA) is 81.2 Å². The zero-order valence-corrected chi connectivity index (χ0v) is 12.5. The summed E-state index contributed by atoms with van der Waals surface area (Å²) in [7, 11) is 3.22. The summed E-state index contributed by atoms with van der Waals surface area (Å²) in [4.78, 5) is 4.35. The van der Waals surface area contributed by atoms with Crippen LogP contribution in [0.3, 0.4) is 0 Å². The van der Waals surface area contributed by atoms with Gasteiger partial charge in [-0.05, 0) is 26.0 Å². The van der Waals surface area contributed by atoms with Crippen molar-refractivity contribution in [3.05, 3.63) is 24.4 Å². The van der Waals surface area contributed by atoms with Crippen molar-refractivity contribution in [3.63, 3.8) is 0 Å². The Morgan fingerprint density at radius 2 is 1.95 bits per heavy atom. The van der Waals surface area contributed by atoms with Gasteiger partial charge in [0.2, 0.25) is 5.95 Å². The average Bonchev–Trinajstić information content (AvgIpc) is 2.47. The van der Waals surface area contributed by atoms with E-state index in [1.165, 1.54) is 0 Å². The van der Waals surface area contributed by atoms with Crippen LogP contribution < -0.4 is 20.1 Å². The summed E-state index contributed by atoms with van der Waals surface area (Å²) in [5.41, 5.74) is 0.743. The summed E-state index contributed by atoms with van der Waals surface area (Å²) in [6.45, 7) is 4.02. The molecule has 2 N–H and O–H groups in total. The molecule has 0 spiro atoms. The molecule has 0 atom stereocenters. The van der Waals surface area contributed by atoms with Crippen LogP contribution >= 0.6 is 0 Å². The van der Waals surface area contributed by atoms with E-state index in [0.717, 1.165) is 11.4 Å². The van der Waals surface area contributed by atoms with E-state index < -0.39 is 0 Å². The van der Waals surface area contributed by atoms with Crippen LogP contribution in [-0.2, 0) is 0 Å². The lowest BCUT2D eigenvalue weighted by atomic mass is 10.2. The molecule has 7 nitrogen and oxygen atoms in total. The second kappa shape index (κ2) is 6.74. The van der Waals surface area contributed by atoms with E-state index in [0.29, 0.717) is 17.5 Å². The van der Waals surface area contributed by atoms with Crippen molar-refractivity contribution in [1.29, 1.82) is 0 Å². The highest BCUT2D eigenvalue weighted by atomic mass is 16.5. The number of benzene rings is 1. The summed E-state index contributed by atoms with van der Waals surface area (Å²) in [5.74, 6) is 2.45. The van der Waals surface area contributed by atoms with Crippen LogP contribution in [0.15, 0.2) is 24.4 Å². The van der Waals surface area contributed by atoms with Crippen LogP contribution in [0.25, 0.3) is 0 Å². The molecule has 1 aromatic carbocycles. The van der Waals surface area contributed by atoms with Crippen molar-refractivity contribution in [1.82, 2.24) is 15.2 Å². The van der Waals surface area contributed by atoms with Crippen molar-refractivity contribution >= 4 is 17.5 Å². The number of methoxy groups -OCH3 is 2. The molecule has 2 rings (SSSR count). The van der Waals surface area contributed by atoms with Gasteiger partial charge in [-0.3, -0.25) is 0 Å². The van der Waals surface area contributed by atoms with Crippen molar-refractivity contribution < 1.29 is 9.47 Å². The molecule has 7 heteroatoms. The van der Waals surface area contributed by atoms with Gasteiger partial charge in [0.05, 0.1) is 26.1 Å². The average molecular weight is 289 g/mol. The zero-order chi connectivity index (χ0) is 15.2. The van der Waals surface area contributed by atoms with Gasteiger partial charge in [0.1, 0.15) is 11.5 Å². The summed E-state index contributed by atoms with van der Waals surface area (Å²) in [5, 5.41) is 14.1. The summed E-state index contributed by atoms with van der Waals surface area (Å²) < 4.78 is 10.5. The van der Waals surface area contributed by atoms with Gasteiger partial charge in [-0.2, -0.15) is 10.1 Å². The minimum Gasteiger partial charge on any atom is -0.497 e. The van der Waals surface area contributed by atoms with E-state index in [1.54, 1.807) is 20.4 Å². The highest BCUT2D eigenvalue weighted by molar-refractivity contribution is 5.66. The molecule has 0 radical (unpaired) electrons. The monoisotopic (exact) mass is 289 g/mol. The Morgan fingerprint density at radius 3 is 2.62 bits per heavy atom. The molecule has 0 amide bonds. The van der Waals surface area contributed by atoms with Gasteiger partial charge in [0.25, 0.3) is 0 Å². The van der Waals surface area contributed by atoms with Gasteiger partial charge >= 0.3 is 0 Å². The molecule has 2 aromatic rings. The normalized spacial score (nSPS) is 10.3. The Labute approximate surface area is 123 Å². The molecule has 0 saturated heterocycles. The van der Waals surface area contributed by atoms with E-state index >= 15 is 0 Å². The zero-order valence-electron chi connectivity index (χ0n) is 12.5. The Bertz CT molecular complexity index is 604. The first kappa shape index (κ1) is 14.8. The molecule has 112 valence electrons. The van der Waals surface area contributed by atoms with Crippen LogP contribution in [0.4, 0.5) is 17.5 Å². The van der Waals surface area contributed by atoms with Gasteiger partial charge in [-0.25, -0.2) is 0 Å². The largest absolute Gasteiger partial charge is 0.497 e. The molecule has 1 heterocycles. The minimum atomic E-state index is 0.230. The third kappa shape index (κ3) is 3.95. The van der Waals surface area contributed by atoms with Gasteiger partial charge in [0, 0.05) is 12.1 Å². The third-order valence-electron chi connectivity index (χ3n) is 2.65. The lowest BCUT2D eigenvalue weighted by Gasteiger charge is -2.13. The maximum absolute atomic E-state index is 5.31. The van der Waals surface area contributed by atoms with Crippen molar-refractivity contribution in [2.24, 2.45) is 0 Å². The van der Waals surface area contributed by atoms with Crippen molar-refractivity contribution in [2.75, 3.05) is 24.9 Å². The minimum absolute atomic E-state index is 0.230. The number of ether oxygens (including phenoxy) is 2. The summed E-state index contributed by atoms with van der Waals surface area (Å²) in [6.07, 6.45) is 1.55. The van der Waals surface area contributed by atoms with E-state index in [2.05, 4.69) is 25.8 Å². The number of aromatic nitrogens is 3. The van der Waals surface area contributed by atoms with E-state index in [9.17, 15) is 0 Å². The van der Waals surface area contributed by atoms with Crippen LogP contribution in [0, 0.1) is 0 Å². The third-order valence-corrected chi connectivity index (χ3v) is 2.65. The maximum Gasteiger partial charge on any atom is 0.244 e. The van der Waals surface area contributed by atoms with Crippen molar-refractivity contribution in [3.8, 4) is 11.5 Å². The fourth-order valence-corrected chi connectivity index (χ4v) is 1.73. The molecule has 0 aliphatic rings. The Morgan fingerprint density at radius 1 is 1.14 bits per heavy atom. The molecule has 0 bridgehead atoms. The molecular weight excluding hydrogens is 270 g/mol. The first-order valence-electron chi connectivity index (χ1n) is 6.57. The lowest BCUT2D eigenvalue weighted by Crippen LogP contribution is -2.13. The van der Waals surface area contributed by atoms with Gasteiger partial charge in [-0.15, -0.1) is 5.10 Å². The van der Waals surface area contributed by atoms with E-state index in [1.807, 2.05) is 32.0 Å². The Balaban J connectivity index is 2.24. The van der Waals surface area contributed by atoms with Gasteiger partial charge in [-0.1, -0.05) is 0 Å². The number of anilines is 3. The highest BCUT2D eigenvalue weighted by Crippen LogP contribution is 2.30. The van der Waals surface area contributed by atoms with Crippen molar-refractivity contribution in [2.45, 2.75) is 19.9 Å². The maximum atomic E-state index is 5.31. The molecular formula is C14H19N5O2. The molecule has 1 aromatic heterocycles. The number of hydrogen-bond donors (Lipinski definition) is 2. The van der Waals surface area contributed by atoms with Gasteiger partial charge < -0.3 is 20.1 Å². The van der Waals surface area contributed by atoms with E-state index in [4.69, 9.17) is 9.47 Å². The fraction of sp³-hybridized carbons (Fsp3) is 0.357. The van der Waals surface area contributed by atoms with Crippen LogP contribution in [0.5, 0.6) is 11.5 Å². The quantitative estimate of drug-likeness (QED) is 0.845. The Kier molecular flexibility index (Phi) is 4.76. The standard InChI is InChI=1S/C14H19N5O2/c1-9(2)16-14-18-13(8-15-19-14)17-11-7-10(20-3)5-6-12(11)21-4/h5-9H,1-4H3,(H2,16,17,18,19). The second-order valence-corrected chi connectivity index (χ2v) is 4.66. The van der Waals surface area contributed by atoms with Crippen LogP contribution in [0.2, 0.25) is 0 Å². The highest BCUT2D eigenvalue weighted by Gasteiger charge is 2.08. The predicted octanol–water partition coefficient (Wildman–Crippen LogP) is 2.45. The first-order valence-corrected chi connectivity index (χ1v) is 6.57. The SMILES string of the molecule is COc1ccc(OC)c(Nc2cnnc(NC(C)C)n2)c1. The second-order valence-electron chi connectivity index (χ2n) is 4.66. The summed E-state index contributed by atoms with van der Waals surface area (Å²) in [6, 6.07) is 5.71. The van der Waals surface area contributed by atoms with E-state index in [-0.39, 0.29) is 6.04 Å². The first-order chi connectivity index (χ1) is 10.1. The molecule has 0 aliphatic carbocycles. The smallest absolute Gasteiger partial charge is 0.244 e. The summed E-state index contributed by atoms with van der Waals surface area (Å²) >= 11 is 0. The number of rotatable bonds is 6. The molecule has 0 unspecified atom stereocenters. The fourth-order valence-electron chi connectivity index (χ4n) is 1.73. The van der Waals surface area contributed by atoms with Crippen LogP contribution in [-0.4, -0.2) is 35.4 Å². The predicted molar refractivity (Wildman–Crippen MR) is 81.4 cm³/mol. The molecule has 0 saturated carbocycles. The van der Waals surface area contributed by atoms with Crippen LogP contribution in [0.1, 0.15) is 13.8 Å². The molecule has 0 aliphatic heterocycles. The molecule has 21 heavy (non-hydrogen) atoms. The number of nitrogens with one attached hydrogen (secondary N) is 2. The van der Waals surface area contributed by atoms with Gasteiger partial charge in [0.15, 0.2) is 5.82 Å². The Hall–Kier alpha value is -2.57. The number of nitrogens with zero attached hydrogens (tertiary/aromatic N) is 3. The molecule has 0 fully saturated rings.